The summed E-state index contributed by atoms with van der Waals surface area (Å²) in [4.78, 5) is 25.4. The molecule has 0 spiro atoms. The predicted molar refractivity (Wildman–Crippen MR) is 55.8 cm³/mol. The second kappa shape index (κ2) is 3.93. The lowest BCUT2D eigenvalue weighted by Crippen LogP contribution is -2.43. The van der Waals surface area contributed by atoms with Crippen LogP contribution >= 0.6 is 0 Å². The van der Waals surface area contributed by atoms with E-state index in [4.69, 9.17) is 5.73 Å². The molecule has 0 aromatic rings. The molecule has 0 bridgehead atoms. The van der Waals surface area contributed by atoms with Gasteiger partial charge >= 0.3 is 0 Å². The maximum Gasteiger partial charge on any atom is 0.233 e. The second-order valence-electron chi connectivity index (χ2n) is 4.63. The fraction of sp³-hybridized carbons (Fsp3) is 0.818. The van der Waals surface area contributed by atoms with E-state index in [-0.39, 0.29) is 29.7 Å². The maximum absolute atomic E-state index is 12.0. The number of carbonyl (C=O) groups excluding carboxylic acids is 2. The first kappa shape index (κ1) is 10.6. The third-order valence-corrected chi connectivity index (χ3v) is 3.66. The molecule has 1 heterocycles. The van der Waals surface area contributed by atoms with Crippen LogP contribution in [0.5, 0.6) is 0 Å². The van der Waals surface area contributed by atoms with Crippen LogP contribution in [-0.2, 0) is 9.59 Å². The van der Waals surface area contributed by atoms with Gasteiger partial charge in [-0.25, -0.2) is 0 Å². The molecule has 2 amide bonds. The zero-order chi connectivity index (χ0) is 11.0. The average Bonchev–Trinajstić information content (AvgIpc) is 2.52. The largest absolute Gasteiger partial charge is 0.328 e. The van der Waals surface area contributed by atoms with Crippen molar-refractivity contribution >= 4 is 11.8 Å². The van der Waals surface area contributed by atoms with E-state index in [2.05, 4.69) is 0 Å². The van der Waals surface area contributed by atoms with Gasteiger partial charge in [-0.05, 0) is 19.8 Å². The Morgan fingerprint density at radius 1 is 1.27 bits per heavy atom. The van der Waals surface area contributed by atoms with Crippen LogP contribution in [0.3, 0.4) is 0 Å². The molecule has 3 atom stereocenters. The van der Waals surface area contributed by atoms with Crippen molar-refractivity contribution in [1.82, 2.24) is 4.90 Å². The zero-order valence-electron chi connectivity index (χ0n) is 9.11. The summed E-state index contributed by atoms with van der Waals surface area (Å²) in [6.07, 6.45) is 3.90. The summed E-state index contributed by atoms with van der Waals surface area (Å²) in [7, 11) is 0. The van der Waals surface area contributed by atoms with E-state index in [1.165, 1.54) is 4.90 Å². The Balaban J connectivity index is 2.21. The number of rotatable bonds is 2. The van der Waals surface area contributed by atoms with Gasteiger partial charge in [-0.3, -0.25) is 14.5 Å². The van der Waals surface area contributed by atoms with Crippen molar-refractivity contribution < 1.29 is 9.59 Å². The third kappa shape index (κ3) is 1.57. The molecule has 2 N–H and O–H groups in total. The van der Waals surface area contributed by atoms with Gasteiger partial charge in [-0.1, -0.05) is 12.8 Å². The Bertz CT molecular complexity index is 266. The Labute approximate surface area is 89.8 Å². The molecule has 1 aliphatic carbocycles. The predicted octanol–water partition coefficient (Wildman–Crippen LogP) is 0.509. The number of imide groups is 1. The van der Waals surface area contributed by atoms with Gasteiger partial charge in [-0.15, -0.1) is 0 Å². The van der Waals surface area contributed by atoms with Crippen LogP contribution in [0.1, 0.15) is 32.6 Å². The van der Waals surface area contributed by atoms with Crippen LogP contribution in [0.4, 0.5) is 0 Å². The van der Waals surface area contributed by atoms with Crippen LogP contribution in [0, 0.1) is 11.8 Å². The molecular formula is C11H18N2O2. The molecule has 0 radical (unpaired) electrons. The van der Waals surface area contributed by atoms with Crippen molar-refractivity contribution in [2.75, 3.05) is 6.54 Å². The van der Waals surface area contributed by atoms with Gasteiger partial charge in [0.1, 0.15) is 0 Å². The monoisotopic (exact) mass is 210 g/mol. The number of fused-ring (bicyclic) bond motifs is 1. The smallest absolute Gasteiger partial charge is 0.233 e. The second-order valence-corrected chi connectivity index (χ2v) is 4.63. The lowest BCUT2D eigenvalue weighted by atomic mass is 9.81. The molecule has 4 nitrogen and oxygen atoms in total. The summed E-state index contributed by atoms with van der Waals surface area (Å²) in [5, 5.41) is 0. The first-order valence-corrected chi connectivity index (χ1v) is 5.73. The van der Waals surface area contributed by atoms with Crippen LogP contribution in [0.15, 0.2) is 0 Å². The number of amides is 2. The van der Waals surface area contributed by atoms with E-state index in [9.17, 15) is 9.59 Å². The zero-order valence-corrected chi connectivity index (χ0v) is 9.11. The van der Waals surface area contributed by atoms with Gasteiger partial charge in [0.15, 0.2) is 0 Å². The Kier molecular flexibility index (Phi) is 2.78. The summed E-state index contributed by atoms with van der Waals surface area (Å²) in [5.74, 6) is -0.0502. The Morgan fingerprint density at radius 3 is 2.13 bits per heavy atom. The Morgan fingerprint density at radius 2 is 1.73 bits per heavy atom. The van der Waals surface area contributed by atoms with Crippen LogP contribution in [0.2, 0.25) is 0 Å². The minimum absolute atomic E-state index is 0.0163. The van der Waals surface area contributed by atoms with E-state index < -0.39 is 0 Å². The number of likely N-dealkylation sites (tertiary alicyclic amines) is 1. The first-order valence-electron chi connectivity index (χ1n) is 5.73. The highest BCUT2D eigenvalue weighted by molar-refractivity contribution is 6.05. The molecule has 1 aliphatic heterocycles. The average molecular weight is 210 g/mol. The van der Waals surface area contributed by atoms with E-state index in [0.717, 1.165) is 25.7 Å². The molecular weight excluding hydrogens is 192 g/mol. The molecule has 1 saturated heterocycles. The number of hydrogen-bond donors (Lipinski definition) is 1. The van der Waals surface area contributed by atoms with Crippen molar-refractivity contribution in [2.45, 2.75) is 38.6 Å². The minimum atomic E-state index is -0.143. The van der Waals surface area contributed by atoms with Crippen molar-refractivity contribution in [1.29, 1.82) is 0 Å². The highest BCUT2D eigenvalue weighted by atomic mass is 16.2. The maximum atomic E-state index is 12.0. The molecule has 84 valence electrons. The van der Waals surface area contributed by atoms with Crippen LogP contribution in [-0.4, -0.2) is 29.3 Å². The number of hydrogen-bond acceptors (Lipinski definition) is 3. The fourth-order valence-electron chi connectivity index (χ4n) is 2.73. The highest BCUT2D eigenvalue weighted by Crippen LogP contribution is 2.38. The summed E-state index contributed by atoms with van der Waals surface area (Å²) in [6.45, 7) is 2.20. The number of nitrogens with two attached hydrogens (primary N) is 1. The van der Waals surface area contributed by atoms with Gasteiger partial charge in [0, 0.05) is 12.6 Å². The SMILES string of the molecule is CC(CN)N1C(=O)C2CCCCC2C1=O. The summed E-state index contributed by atoms with van der Waals surface area (Å²) in [6, 6.07) is -0.143. The van der Waals surface area contributed by atoms with Gasteiger partial charge in [0.2, 0.25) is 11.8 Å². The number of carbonyl (C=O) groups is 2. The molecule has 2 aliphatic rings. The van der Waals surface area contributed by atoms with Crippen LogP contribution < -0.4 is 5.73 Å². The first-order chi connectivity index (χ1) is 7.16. The van der Waals surface area contributed by atoms with E-state index in [1.807, 2.05) is 6.92 Å². The molecule has 0 aromatic heterocycles. The van der Waals surface area contributed by atoms with Crippen LogP contribution in [0.25, 0.3) is 0 Å². The quantitative estimate of drug-likeness (QED) is 0.675. The van der Waals surface area contributed by atoms with E-state index in [1.54, 1.807) is 0 Å². The van der Waals surface area contributed by atoms with Crippen molar-refractivity contribution in [3.63, 3.8) is 0 Å². The normalized spacial score (nSPS) is 33.1. The lowest BCUT2D eigenvalue weighted by Gasteiger charge is -2.21. The summed E-state index contributed by atoms with van der Waals surface area (Å²) >= 11 is 0. The summed E-state index contributed by atoms with van der Waals surface area (Å²) in [5.41, 5.74) is 5.52. The lowest BCUT2D eigenvalue weighted by molar-refractivity contribution is -0.142. The van der Waals surface area contributed by atoms with Gasteiger partial charge in [-0.2, -0.15) is 0 Å². The highest BCUT2D eigenvalue weighted by Gasteiger charge is 2.49. The minimum Gasteiger partial charge on any atom is -0.328 e. The van der Waals surface area contributed by atoms with E-state index in [0.29, 0.717) is 6.54 Å². The van der Waals surface area contributed by atoms with Crippen molar-refractivity contribution in [3.8, 4) is 0 Å². The van der Waals surface area contributed by atoms with Crippen molar-refractivity contribution in [2.24, 2.45) is 17.6 Å². The summed E-state index contributed by atoms with van der Waals surface area (Å²) < 4.78 is 0. The molecule has 2 rings (SSSR count). The molecule has 0 aromatic carbocycles. The Hall–Kier alpha value is -0.900. The number of nitrogens with zero attached hydrogens (tertiary/aromatic N) is 1. The molecule has 1 saturated carbocycles. The van der Waals surface area contributed by atoms with Gasteiger partial charge in [0.25, 0.3) is 0 Å². The molecule has 3 unspecified atom stereocenters. The molecule has 2 fully saturated rings. The topological polar surface area (TPSA) is 63.4 Å². The fourth-order valence-corrected chi connectivity index (χ4v) is 2.73. The van der Waals surface area contributed by atoms with Gasteiger partial charge in [0.05, 0.1) is 11.8 Å². The third-order valence-electron chi connectivity index (χ3n) is 3.66. The molecule has 4 heteroatoms. The van der Waals surface area contributed by atoms with Gasteiger partial charge < -0.3 is 5.73 Å². The van der Waals surface area contributed by atoms with E-state index >= 15 is 0 Å². The molecule has 15 heavy (non-hydrogen) atoms. The standard InChI is InChI=1S/C11H18N2O2/c1-7(6-12)13-10(14)8-4-2-3-5-9(8)11(13)15/h7-9H,2-6,12H2,1H3. The van der Waals surface area contributed by atoms with Crippen molar-refractivity contribution in [3.05, 3.63) is 0 Å².